The van der Waals surface area contributed by atoms with E-state index in [9.17, 15) is 0 Å². The van der Waals surface area contributed by atoms with Crippen LogP contribution in [0.25, 0.3) is 0 Å². The molecule has 1 radical (unpaired) electrons. The molecule has 0 aliphatic rings. The van der Waals surface area contributed by atoms with Crippen LogP contribution in [0.1, 0.15) is 25.8 Å². The molecule has 0 aliphatic heterocycles. The van der Waals surface area contributed by atoms with E-state index in [0.29, 0.717) is 5.82 Å². The average molecular weight is 163 g/mol. The minimum atomic E-state index is 0.593. The SMILES string of the molecule is C[C](C)CCc1ccc(N)nc1. The molecule has 2 heteroatoms. The van der Waals surface area contributed by atoms with Crippen LogP contribution in [0, 0.1) is 5.92 Å². The van der Waals surface area contributed by atoms with Crippen molar-refractivity contribution in [2.45, 2.75) is 26.7 Å². The van der Waals surface area contributed by atoms with Gasteiger partial charge in [0.05, 0.1) is 0 Å². The zero-order valence-corrected chi connectivity index (χ0v) is 7.67. The van der Waals surface area contributed by atoms with E-state index in [0.717, 1.165) is 12.8 Å². The molecule has 0 bridgehead atoms. The van der Waals surface area contributed by atoms with Crippen molar-refractivity contribution in [3.8, 4) is 0 Å². The summed E-state index contributed by atoms with van der Waals surface area (Å²) in [6.45, 7) is 4.29. The first-order valence-electron chi connectivity index (χ1n) is 4.18. The maximum atomic E-state index is 5.47. The third-order valence-corrected chi connectivity index (χ3v) is 1.76. The Kier molecular flexibility index (Phi) is 3.09. The van der Waals surface area contributed by atoms with Gasteiger partial charge in [0.2, 0.25) is 0 Å². The second kappa shape index (κ2) is 4.10. The van der Waals surface area contributed by atoms with Gasteiger partial charge in [0.1, 0.15) is 5.82 Å². The van der Waals surface area contributed by atoms with E-state index in [1.165, 1.54) is 11.5 Å². The van der Waals surface area contributed by atoms with Crippen LogP contribution in [0.3, 0.4) is 0 Å². The van der Waals surface area contributed by atoms with E-state index in [4.69, 9.17) is 5.73 Å². The summed E-state index contributed by atoms with van der Waals surface area (Å²) in [4.78, 5) is 4.03. The van der Waals surface area contributed by atoms with E-state index in [1.54, 1.807) is 0 Å². The van der Waals surface area contributed by atoms with Crippen molar-refractivity contribution >= 4 is 5.82 Å². The van der Waals surface area contributed by atoms with Crippen molar-refractivity contribution in [2.24, 2.45) is 0 Å². The number of pyridine rings is 1. The van der Waals surface area contributed by atoms with Gasteiger partial charge >= 0.3 is 0 Å². The number of hydrogen-bond acceptors (Lipinski definition) is 2. The van der Waals surface area contributed by atoms with Gasteiger partial charge in [0, 0.05) is 6.20 Å². The highest BCUT2D eigenvalue weighted by molar-refractivity contribution is 5.29. The molecule has 1 rings (SSSR count). The highest BCUT2D eigenvalue weighted by atomic mass is 14.8. The quantitative estimate of drug-likeness (QED) is 0.742. The van der Waals surface area contributed by atoms with Crippen LogP contribution in [0.15, 0.2) is 18.3 Å². The van der Waals surface area contributed by atoms with Gasteiger partial charge in [0.15, 0.2) is 0 Å². The Labute approximate surface area is 73.8 Å². The molecule has 0 spiro atoms. The predicted octanol–water partition coefficient (Wildman–Crippen LogP) is 2.21. The van der Waals surface area contributed by atoms with Crippen molar-refractivity contribution in [3.63, 3.8) is 0 Å². The minimum Gasteiger partial charge on any atom is -0.384 e. The summed E-state index contributed by atoms with van der Waals surface area (Å²) in [5, 5.41) is 0. The van der Waals surface area contributed by atoms with Crippen molar-refractivity contribution in [3.05, 3.63) is 29.8 Å². The molecular weight excluding hydrogens is 148 g/mol. The average Bonchev–Trinajstić information content (AvgIpc) is 2.03. The van der Waals surface area contributed by atoms with E-state index in [-0.39, 0.29) is 0 Å². The highest BCUT2D eigenvalue weighted by Gasteiger charge is 1.96. The lowest BCUT2D eigenvalue weighted by molar-refractivity contribution is 0.828. The number of aryl methyl sites for hydroxylation is 1. The van der Waals surface area contributed by atoms with Gasteiger partial charge in [0.25, 0.3) is 0 Å². The topological polar surface area (TPSA) is 38.9 Å². The first-order chi connectivity index (χ1) is 5.68. The van der Waals surface area contributed by atoms with Crippen LogP contribution in [-0.2, 0) is 6.42 Å². The normalized spacial score (nSPS) is 10.6. The van der Waals surface area contributed by atoms with Crippen molar-refractivity contribution in [1.29, 1.82) is 0 Å². The molecule has 0 fully saturated rings. The van der Waals surface area contributed by atoms with Crippen LogP contribution in [0.5, 0.6) is 0 Å². The molecule has 1 aromatic rings. The second-order valence-electron chi connectivity index (χ2n) is 3.30. The standard InChI is InChI=1S/C10H15N2/c1-8(2)3-4-9-5-6-10(11)12-7-9/h5-7H,3-4H2,1-2H3,(H2,11,12). The predicted molar refractivity (Wildman–Crippen MR) is 51.6 cm³/mol. The fourth-order valence-electron chi connectivity index (χ4n) is 0.978. The Hall–Kier alpha value is -1.05. The largest absolute Gasteiger partial charge is 0.384 e. The molecule has 1 heterocycles. The lowest BCUT2D eigenvalue weighted by Gasteiger charge is -2.03. The molecule has 65 valence electrons. The number of rotatable bonds is 3. The van der Waals surface area contributed by atoms with E-state index < -0.39 is 0 Å². The van der Waals surface area contributed by atoms with Crippen molar-refractivity contribution < 1.29 is 0 Å². The van der Waals surface area contributed by atoms with Crippen LogP contribution >= 0.6 is 0 Å². The Balaban J connectivity index is 2.48. The van der Waals surface area contributed by atoms with Gasteiger partial charge in [-0.05, 0) is 30.4 Å². The molecule has 0 aromatic carbocycles. The number of nitrogen functional groups attached to an aromatic ring is 1. The fourth-order valence-corrected chi connectivity index (χ4v) is 0.978. The van der Waals surface area contributed by atoms with Crippen LogP contribution < -0.4 is 5.73 Å². The first-order valence-corrected chi connectivity index (χ1v) is 4.18. The summed E-state index contributed by atoms with van der Waals surface area (Å²) in [6.07, 6.45) is 4.04. The molecule has 12 heavy (non-hydrogen) atoms. The van der Waals surface area contributed by atoms with Gasteiger partial charge in [-0.1, -0.05) is 19.9 Å². The summed E-state index contributed by atoms with van der Waals surface area (Å²) >= 11 is 0. The molecule has 0 atom stereocenters. The van der Waals surface area contributed by atoms with E-state index >= 15 is 0 Å². The third kappa shape index (κ3) is 2.91. The molecule has 2 nitrogen and oxygen atoms in total. The Morgan fingerprint density at radius 2 is 2.17 bits per heavy atom. The third-order valence-electron chi connectivity index (χ3n) is 1.76. The number of hydrogen-bond donors (Lipinski definition) is 1. The first kappa shape index (κ1) is 9.04. The Morgan fingerprint density at radius 1 is 1.42 bits per heavy atom. The Bertz CT molecular complexity index is 226. The summed E-state index contributed by atoms with van der Waals surface area (Å²) in [5.74, 6) is 2.04. The molecule has 0 saturated carbocycles. The zero-order valence-electron chi connectivity index (χ0n) is 7.67. The maximum Gasteiger partial charge on any atom is 0.123 e. The lowest BCUT2D eigenvalue weighted by Crippen LogP contribution is -1.93. The van der Waals surface area contributed by atoms with Gasteiger partial charge in [-0.3, -0.25) is 0 Å². The summed E-state index contributed by atoms with van der Waals surface area (Å²) < 4.78 is 0. The van der Waals surface area contributed by atoms with Gasteiger partial charge in [-0.25, -0.2) is 4.98 Å². The highest BCUT2D eigenvalue weighted by Crippen LogP contribution is 2.09. The molecule has 0 saturated heterocycles. The van der Waals surface area contributed by atoms with Crippen LogP contribution in [-0.4, -0.2) is 4.98 Å². The van der Waals surface area contributed by atoms with Gasteiger partial charge in [-0.15, -0.1) is 0 Å². The lowest BCUT2D eigenvalue weighted by atomic mass is 10.0. The number of anilines is 1. The molecule has 1 aromatic heterocycles. The fraction of sp³-hybridized carbons (Fsp3) is 0.400. The summed E-state index contributed by atoms with van der Waals surface area (Å²) in [5.41, 5.74) is 6.72. The Morgan fingerprint density at radius 3 is 2.67 bits per heavy atom. The zero-order chi connectivity index (χ0) is 8.97. The van der Waals surface area contributed by atoms with Crippen molar-refractivity contribution in [2.75, 3.05) is 5.73 Å². The van der Waals surface area contributed by atoms with Gasteiger partial charge < -0.3 is 5.73 Å². The summed E-state index contributed by atoms with van der Waals surface area (Å²) in [7, 11) is 0. The van der Waals surface area contributed by atoms with Crippen molar-refractivity contribution in [1.82, 2.24) is 4.98 Å². The van der Waals surface area contributed by atoms with Gasteiger partial charge in [-0.2, -0.15) is 0 Å². The molecular formula is C10H15N2. The van der Waals surface area contributed by atoms with Crippen LogP contribution in [0.4, 0.5) is 5.82 Å². The van der Waals surface area contributed by atoms with Crippen LogP contribution in [0.2, 0.25) is 0 Å². The smallest absolute Gasteiger partial charge is 0.123 e. The summed E-state index contributed by atoms with van der Waals surface area (Å²) in [6, 6.07) is 3.88. The second-order valence-corrected chi connectivity index (χ2v) is 3.30. The molecule has 0 unspecified atom stereocenters. The molecule has 2 N–H and O–H groups in total. The molecule has 0 aliphatic carbocycles. The monoisotopic (exact) mass is 163 g/mol. The van der Waals surface area contributed by atoms with E-state index in [1.807, 2.05) is 18.3 Å². The maximum absolute atomic E-state index is 5.47. The minimum absolute atomic E-state index is 0.593. The number of nitrogens with zero attached hydrogens (tertiary/aromatic N) is 1. The number of nitrogens with two attached hydrogens (primary N) is 1. The molecule has 0 amide bonds. The van der Waals surface area contributed by atoms with E-state index in [2.05, 4.69) is 18.8 Å². The number of aromatic nitrogens is 1.